The highest BCUT2D eigenvalue weighted by molar-refractivity contribution is 9.24. The molecule has 0 amide bonds. The monoisotopic (exact) mass is 553 g/mol. The molecule has 1 aromatic carbocycles. The molecule has 0 unspecified atom stereocenters. The maximum Gasteiger partial charge on any atom is 0.124 e. The van der Waals surface area contributed by atoms with E-state index in [1.165, 1.54) is 12.1 Å². The second kappa shape index (κ2) is 10.3. The van der Waals surface area contributed by atoms with Gasteiger partial charge in [-0.2, -0.15) is 0 Å². The van der Waals surface area contributed by atoms with Crippen molar-refractivity contribution >= 4 is 39.9 Å². The molecule has 2 aromatic heterocycles. The maximum absolute atomic E-state index is 13.6. The Bertz CT molecular complexity index is 957. The Labute approximate surface area is 195 Å². The Morgan fingerprint density at radius 3 is 2.30 bits per heavy atom. The van der Waals surface area contributed by atoms with Crippen molar-refractivity contribution in [2.45, 2.75) is 42.6 Å². The molecule has 0 spiro atoms. The van der Waals surface area contributed by atoms with Crippen molar-refractivity contribution in [3.05, 3.63) is 60.4 Å². The number of aromatic nitrogens is 3. The van der Waals surface area contributed by atoms with Crippen LogP contribution in [-0.4, -0.2) is 33.0 Å². The molecule has 0 bridgehead atoms. The molecule has 0 aliphatic rings. The molecule has 0 fully saturated rings. The van der Waals surface area contributed by atoms with E-state index in [2.05, 4.69) is 61.1 Å². The molecule has 3 rings (SSSR count). The molecule has 0 N–H and O–H groups in total. The molecule has 0 atom stereocenters. The average Bonchev–Trinajstić information content (AvgIpc) is 3.03. The number of pyridine rings is 1. The third kappa shape index (κ3) is 6.32. The second-order valence-corrected chi connectivity index (χ2v) is 17.4. The number of benzene rings is 1. The first-order valence-electron chi connectivity index (χ1n) is 9.86. The van der Waals surface area contributed by atoms with Crippen LogP contribution in [0.15, 0.2) is 48.8 Å². The molecule has 3 aromatic rings. The number of ether oxygens (including phenoxy) is 1. The minimum Gasteiger partial charge on any atom is -0.361 e. The van der Waals surface area contributed by atoms with Crippen molar-refractivity contribution in [1.82, 2.24) is 14.5 Å². The molecule has 160 valence electrons. The lowest BCUT2D eigenvalue weighted by Crippen LogP contribution is -2.22. The van der Waals surface area contributed by atoms with Gasteiger partial charge in [-0.15, -0.1) is 0 Å². The standard InChI is InChI=1S/C22H26Br2FN3OSi/c1-30(2,3)13-12-29-15-28-20(14-19(23)24)27-21(16-8-10-26-11-9-16)22(28)17-4-6-18(25)7-5-17/h4-11,19H,12-15H2,1-3H3. The van der Waals surface area contributed by atoms with Crippen LogP contribution in [0.1, 0.15) is 5.82 Å². The van der Waals surface area contributed by atoms with E-state index < -0.39 is 8.07 Å². The van der Waals surface area contributed by atoms with Crippen LogP contribution < -0.4 is 0 Å². The number of halogens is 3. The summed E-state index contributed by atoms with van der Waals surface area (Å²) in [7, 11) is -1.18. The average molecular weight is 555 g/mol. The van der Waals surface area contributed by atoms with Crippen molar-refractivity contribution in [2.75, 3.05) is 6.61 Å². The van der Waals surface area contributed by atoms with E-state index in [1.807, 2.05) is 12.1 Å². The van der Waals surface area contributed by atoms with Gasteiger partial charge < -0.3 is 9.30 Å². The van der Waals surface area contributed by atoms with Crippen molar-refractivity contribution < 1.29 is 9.13 Å². The molecule has 8 heteroatoms. The van der Waals surface area contributed by atoms with Crippen LogP contribution in [0.5, 0.6) is 0 Å². The predicted molar refractivity (Wildman–Crippen MR) is 130 cm³/mol. The first kappa shape index (κ1) is 23.3. The van der Waals surface area contributed by atoms with E-state index in [0.29, 0.717) is 19.8 Å². The van der Waals surface area contributed by atoms with Gasteiger partial charge in [0.05, 0.1) is 15.1 Å². The van der Waals surface area contributed by atoms with Gasteiger partial charge in [-0.05, 0) is 42.4 Å². The van der Waals surface area contributed by atoms with Gasteiger partial charge in [0.2, 0.25) is 0 Å². The van der Waals surface area contributed by atoms with Gasteiger partial charge >= 0.3 is 0 Å². The van der Waals surface area contributed by atoms with E-state index in [-0.39, 0.29) is 9.55 Å². The number of imidazole rings is 1. The third-order valence-corrected chi connectivity index (χ3v) is 7.02. The number of hydrogen-bond acceptors (Lipinski definition) is 3. The molecule has 30 heavy (non-hydrogen) atoms. The largest absolute Gasteiger partial charge is 0.361 e. The van der Waals surface area contributed by atoms with E-state index in [4.69, 9.17) is 9.72 Å². The van der Waals surface area contributed by atoms with Crippen LogP contribution in [0.2, 0.25) is 25.7 Å². The molecule has 2 heterocycles. The first-order valence-corrected chi connectivity index (χ1v) is 15.4. The zero-order chi connectivity index (χ0) is 21.7. The molecular weight excluding hydrogens is 529 g/mol. The fraction of sp³-hybridized carbons (Fsp3) is 0.364. The summed E-state index contributed by atoms with van der Waals surface area (Å²) >= 11 is 7.16. The molecule has 0 saturated carbocycles. The Kier molecular flexibility index (Phi) is 8.01. The van der Waals surface area contributed by atoms with E-state index in [0.717, 1.165) is 34.4 Å². The molecule has 4 nitrogen and oxygen atoms in total. The van der Waals surface area contributed by atoms with Crippen LogP contribution in [0.3, 0.4) is 0 Å². The summed E-state index contributed by atoms with van der Waals surface area (Å²) in [4.78, 5) is 9.08. The summed E-state index contributed by atoms with van der Waals surface area (Å²) in [5, 5.41) is 0. The Morgan fingerprint density at radius 2 is 1.70 bits per heavy atom. The summed E-state index contributed by atoms with van der Waals surface area (Å²) < 4.78 is 21.9. The van der Waals surface area contributed by atoms with Crippen molar-refractivity contribution in [3.8, 4) is 22.5 Å². The topological polar surface area (TPSA) is 39.9 Å². The van der Waals surface area contributed by atoms with Crippen molar-refractivity contribution in [2.24, 2.45) is 0 Å². The fourth-order valence-corrected chi connectivity index (χ4v) is 4.41. The Morgan fingerprint density at radius 1 is 1.03 bits per heavy atom. The third-order valence-electron chi connectivity index (χ3n) is 4.67. The zero-order valence-corrected chi connectivity index (χ0v) is 21.6. The number of rotatable bonds is 9. The van der Waals surface area contributed by atoms with Gasteiger partial charge in [-0.1, -0.05) is 51.5 Å². The van der Waals surface area contributed by atoms with Gasteiger partial charge in [0.1, 0.15) is 18.4 Å². The minimum atomic E-state index is -1.18. The Hall–Kier alpha value is -1.35. The van der Waals surface area contributed by atoms with Crippen molar-refractivity contribution in [3.63, 3.8) is 0 Å². The van der Waals surface area contributed by atoms with Gasteiger partial charge in [-0.25, -0.2) is 9.37 Å². The highest BCUT2D eigenvalue weighted by Gasteiger charge is 2.22. The number of alkyl halides is 2. The highest BCUT2D eigenvalue weighted by atomic mass is 79.9. The normalized spacial score (nSPS) is 12.0. The Balaban J connectivity index is 2.06. The van der Waals surface area contributed by atoms with E-state index in [1.54, 1.807) is 24.5 Å². The summed E-state index contributed by atoms with van der Waals surface area (Å²) in [5.74, 6) is 0.635. The quantitative estimate of drug-likeness (QED) is 0.167. The first-order chi connectivity index (χ1) is 14.2. The van der Waals surface area contributed by atoms with E-state index in [9.17, 15) is 4.39 Å². The lowest BCUT2D eigenvalue weighted by atomic mass is 10.1. The molecular formula is C22H26Br2FN3OSi. The smallest absolute Gasteiger partial charge is 0.124 e. The van der Waals surface area contributed by atoms with Crippen LogP contribution in [0.25, 0.3) is 22.5 Å². The molecule has 0 saturated heterocycles. The summed E-state index contributed by atoms with van der Waals surface area (Å²) in [6.07, 6.45) is 4.19. The minimum absolute atomic E-state index is 0.0829. The van der Waals surface area contributed by atoms with E-state index >= 15 is 0 Å². The second-order valence-electron chi connectivity index (χ2n) is 8.34. The predicted octanol–water partition coefficient (Wildman–Crippen LogP) is 6.72. The highest BCUT2D eigenvalue weighted by Crippen LogP contribution is 2.34. The van der Waals surface area contributed by atoms with Gasteiger partial charge in [0.25, 0.3) is 0 Å². The lowest BCUT2D eigenvalue weighted by molar-refractivity contribution is 0.0863. The molecule has 0 aliphatic carbocycles. The summed E-state index contributed by atoms with van der Waals surface area (Å²) in [5.41, 5.74) is 3.63. The summed E-state index contributed by atoms with van der Waals surface area (Å²) in [6, 6.07) is 11.5. The maximum atomic E-state index is 13.6. The lowest BCUT2D eigenvalue weighted by Gasteiger charge is -2.17. The molecule has 0 aliphatic heterocycles. The number of nitrogens with zero attached hydrogens (tertiary/aromatic N) is 3. The zero-order valence-electron chi connectivity index (χ0n) is 17.4. The number of hydrogen-bond donors (Lipinski definition) is 0. The van der Waals surface area contributed by atoms with Crippen LogP contribution in [0.4, 0.5) is 4.39 Å². The van der Waals surface area contributed by atoms with Gasteiger partial charge in [0.15, 0.2) is 0 Å². The SMILES string of the molecule is C[Si](C)(C)CCOCn1c(CC(Br)Br)nc(-c2ccncc2)c1-c1ccc(F)cc1. The summed E-state index contributed by atoms with van der Waals surface area (Å²) in [6.45, 7) is 8.13. The van der Waals surface area contributed by atoms with Crippen LogP contribution in [-0.2, 0) is 17.9 Å². The van der Waals surface area contributed by atoms with Crippen LogP contribution in [0, 0.1) is 5.82 Å². The molecule has 0 radical (unpaired) electrons. The van der Waals surface area contributed by atoms with Crippen molar-refractivity contribution in [1.29, 1.82) is 0 Å². The van der Waals surface area contributed by atoms with Gasteiger partial charge in [0, 0.05) is 44.6 Å². The van der Waals surface area contributed by atoms with Crippen LogP contribution >= 0.6 is 31.9 Å². The fourth-order valence-electron chi connectivity index (χ4n) is 3.08. The van der Waals surface area contributed by atoms with Gasteiger partial charge in [-0.3, -0.25) is 4.98 Å².